The topological polar surface area (TPSA) is 96.0 Å². The predicted molar refractivity (Wildman–Crippen MR) is 154 cm³/mol. The minimum Gasteiger partial charge on any atom is -0.497 e. The van der Waals surface area contributed by atoms with E-state index >= 15 is 0 Å². The fourth-order valence-electron chi connectivity index (χ4n) is 3.82. The van der Waals surface area contributed by atoms with E-state index in [0.29, 0.717) is 27.0 Å². The first-order valence-electron chi connectivity index (χ1n) is 12.2. The van der Waals surface area contributed by atoms with E-state index in [-0.39, 0.29) is 23.4 Å². The number of carbonyl (C=O) groups is 2. The highest BCUT2D eigenvalue weighted by atomic mass is 35.5. The van der Waals surface area contributed by atoms with Crippen LogP contribution in [0.3, 0.4) is 0 Å². The molecule has 1 N–H and O–H groups in total. The molecule has 0 bridgehead atoms. The summed E-state index contributed by atoms with van der Waals surface area (Å²) in [6.45, 7) is 4.62. The van der Waals surface area contributed by atoms with Gasteiger partial charge in [-0.25, -0.2) is 8.42 Å². The van der Waals surface area contributed by atoms with E-state index in [2.05, 4.69) is 5.32 Å². The first kappa shape index (κ1) is 30.3. The number of para-hydroxylation sites is 1. The molecule has 208 valence electrons. The number of hydrogen-bond acceptors (Lipinski definition) is 5. The minimum absolute atomic E-state index is 0.0159. The third-order valence-electron chi connectivity index (χ3n) is 5.92. The van der Waals surface area contributed by atoms with Gasteiger partial charge in [-0.2, -0.15) is 0 Å². The third kappa shape index (κ3) is 7.65. The molecule has 0 spiro atoms. The summed E-state index contributed by atoms with van der Waals surface area (Å²) in [4.78, 5) is 28.1. The first-order valence-corrected chi connectivity index (χ1v) is 14.4. The Balaban J connectivity index is 2.02. The van der Waals surface area contributed by atoms with E-state index in [9.17, 15) is 18.0 Å². The molecule has 0 fully saturated rings. The number of benzene rings is 3. The number of rotatable bonds is 11. The normalized spacial score (nSPS) is 12.1. The highest BCUT2D eigenvalue weighted by Crippen LogP contribution is 2.27. The smallest absolute Gasteiger partial charge is 0.264 e. The van der Waals surface area contributed by atoms with Gasteiger partial charge in [-0.3, -0.25) is 13.9 Å². The summed E-state index contributed by atoms with van der Waals surface area (Å²) in [5, 5.41) is 3.55. The van der Waals surface area contributed by atoms with Crippen LogP contribution in [0.25, 0.3) is 0 Å². The van der Waals surface area contributed by atoms with Crippen molar-refractivity contribution >= 4 is 50.7 Å². The Bertz CT molecular complexity index is 1400. The van der Waals surface area contributed by atoms with Crippen molar-refractivity contribution in [3.63, 3.8) is 0 Å². The van der Waals surface area contributed by atoms with Crippen molar-refractivity contribution in [3.8, 4) is 5.75 Å². The summed E-state index contributed by atoms with van der Waals surface area (Å²) < 4.78 is 33.8. The maximum absolute atomic E-state index is 13.9. The molecule has 0 saturated carbocycles. The van der Waals surface area contributed by atoms with Crippen LogP contribution in [0.2, 0.25) is 10.0 Å². The van der Waals surface area contributed by atoms with Crippen molar-refractivity contribution in [2.45, 2.75) is 44.3 Å². The zero-order valence-corrected chi connectivity index (χ0v) is 24.4. The van der Waals surface area contributed by atoms with Gasteiger partial charge in [-0.15, -0.1) is 0 Å². The van der Waals surface area contributed by atoms with E-state index in [0.717, 1.165) is 4.31 Å². The highest BCUT2D eigenvalue weighted by molar-refractivity contribution is 7.92. The van der Waals surface area contributed by atoms with E-state index < -0.39 is 28.5 Å². The Morgan fingerprint density at radius 2 is 1.59 bits per heavy atom. The van der Waals surface area contributed by atoms with Crippen LogP contribution in [0.4, 0.5) is 5.69 Å². The zero-order chi connectivity index (χ0) is 28.7. The maximum atomic E-state index is 13.9. The number of nitrogens with zero attached hydrogens (tertiary/aromatic N) is 2. The van der Waals surface area contributed by atoms with E-state index in [1.165, 1.54) is 36.3 Å². The van der Waals surface area contributed by atoms with Gasteiger partial charge in [0.15, 0.2) is 0 Å². The van der Waals surface area contributed by atoms with Crippen molar-refractivity contribution in [3.05, 3.63) is 88.4 Å². The van der Waals surface area contributed by atoms with Gasteiger partial charge < -0.3 is 15.0 Å². The van der Waals surface area contributed by atoms with Crippen molar-refractivity contribution in [1.29, 1.82) is 0 Å². The molecule has 8 nitrogen and oxygen atoms in total. The monoisotopic (exact) mass is 591 g/mol. The quantitative estimate of drug-likeness (QED) is 0.333. The van der Waals surface area contributed by atoms with Crippen LogP contribution in [0.5, 0.6) is 5.75 Å². The maximum Gasteiger partial charge on any atom is 0.264 e. The summed E-state index contributed by atoms with van der Waals surface area (Å²) in [7, 11) is -2.69. The molecule has 3 aromatic rings. The second kappa shape index (κ2) is 13.2. The molecule has 39 heavy (non-hydrogen) atoms. The zero-order valence-electron chi connectivity index (χ0n) is 22.1. The lowest BCUT2D eigenvalue weighted by Crippen LogP contribution is -2.52. The van der Waals surface area contributed by atoms with Crippen molar-refractivity contribution in [2.75, 3.05) is 18.0 Å². The van der Waals surface area contributed by atoms with Crippen molar-refractivity contribution < 1.29 is 22.7 Å². The number of amides is 2. The lowest BCUT2D eigenvalue weighted by molar-refractivity contribution is -0.139. The largest absolute Gasteiger partial charge is 0.497 e. The van der Waals surface area contributed by atoms with Crippen LogP contribution in [-0.2, 0) is 26.2 Å². The van der Waals surface area contributed by atoms with E-state index in [1.807, 2.05) is 13.8 Å². The number of carbonyl (C=O) groups excluding carboxylic acids is 2. The minimum atomic E-state index is -4.17. The molecule has 11 heteroatoms. The number of sulfonamides is 1. The van der Waals surface area contributed by atoms with Crippen LogP contribution in [0.15, 0.2) is 77.7 Å². The molecule has 3 aromatic carbocycles. The van der Waals surface area contributed by atoms with Gasteiger partial charge in [0.05, 0.1) is 17.7 Å². The fraction of sp³-hybridized carbons (Fsp3) is 0.286. The molecule has 0 aliphatic heterocycles. The highest BCUT2D eigenvalue weighted by Gasteiger charge is 2.33. The van der Waals surface area contributed by atoms with Gasteiger partial charge in [0.2, 0.25) is 11.8 Å². The summed E-state index contributed by atoms with van der Waals surface area (Å²) in [5.41, 5.74) is 0.855. The van der Waals surface area contributed by atoms with Crippen LogP contribution in [0.1, 0.15) is 26.3 Å². The third-order valence-corrected chi connectivity index (χ3v) is 8.30. The molecule has 0 aromatic heterocycles. The molecular formula is C28H31Cl2N3O5S. The lowest BCUT2D eigenvalue weighted by Gasteiger charge is -2.32. The average molecular weight is 593 g/mol. The van der Waals surface area contributed by atoms with Gasteiger partial charge in [-0.05, 0) is 74.9 Å². The number of halogens is 2. The number of ether oxygens (including phenoxy) is 1. The molecule has 0 radical (unpaired) electrons. The Hall–Kier alpha value is -3.27. The number of anilines is 1. The van der Waals surface area contributed by atoms with Crippen LogP contribution in [0, 0.1) is 0 Å². The second-order valence-electron chi connectivity index (χ2n) is 9.12. The van der Waals surface area contributed by atoms with Gasteiger partial charge in [-0.1, -0.05) is 47.5 Å². The lowest BCUT2D eigenvalue weighted by atomic mass is 10.1. The molecule has 0 unspecified atom stereocenters. The number of methoxy groups -OCH3 is 1. The Morgan fingerprint density at radius 1 is 0.949 bits per heavy atom. The average Bonchev–Trinajstić information content (AvgIpc) is 2.90. The Kier molecular flexibility index (Phi) is 10.2. The van der Waals surface area contributed by atoms with Gasteiger partial charge >= 0.3 is 0 Å². The molecule has 1 atom stereocenters. The summed E-state index contributed by atoms with van der Waals surface area (Å²) >= 11 is 12.4. The molecule has 3 rings (SSSR count). The van der Waals surface area contributed by atoms with Crippen LogP contribution >= 0.6 is 23.2 Å². The SMILES string of the molecule is COc1ccc(S(=O)(=O)N(CC(=O)N(Cc2ccc(Cl)cc2Cl)[C@H](C)C(=O)NC(C)C)c2ccccc2)cc1. The Morgan fingerprint density at radius 3 is 2.15 bits per heavy atom. The second-order valence-corrected chi connectivity index (χ2v) is 11.8. The predicted octanol–water partition coefficient (Wildman–Crippen LogP) is 5.14. The summed E-state index contributed by atoms with van der Waals surface area (Å²) in [6.07, 6.45) is 0. The van der Waals surface area contributed by atoms with Gasteiger partial charge in [0.25, 0.3) is 10.0 Å². The molecule has 0 heterocycles. The van der Waals surface area contributed by atoms with Crippen molar-refractivity contribution in [2.24, 2.45) is 0 Å². The standard InChI is InChI=1S/C28H31Cl2N3O5S/c1-19(2)31-28(35)20(3)32(17-21-10-11-22(29)16-26(21)30)27(34)18-33(23-8-6-5-7-9-23)39(36,37)25-14-12-24(38-4)13-15-25/h5-16,19-20H,17-18H2,1-4H3,(H,31,35)/t20-/m1/s1. The van der Waals surface area contributed by atoms with Crippen LogP contribution in [-0.4, -0.2) is 50.9 Å². The van der Waals surface area contributed by atoms with E-state index in [1.54, 1.807) is 55.5 Å². The Labute approximate surface area is 239 Å². The van der Waals surface area contributed by atoms with Gasteiger partial charge in [0, 0.05) is 22.6 Å². The molecule has 2 amide bonds. The van der Waals surface area contributed by atoms with E-state index in [4.69, 9.17) is 27.9 Å². The van der Waals surface area contributed by atoms with Crippen molar-refractivity contribution in [1.82, 2.24) is 10.2 Å². The first-order chi connectivity index (χ1) is 18.4. The number of hydrogen-bond donors (Lipinski definition) is 1. The summed E-state index contributed by atoms with van der Waals surface area (Å²) in [6, 6.07) is 18.0. The fourth-order valence-corrected chi connectivity index (χ4v) is 5.70. The molecule has 0 aliphatic rings. The summed E-state index contributed by atoms with van der Waals surface area (Å²) in [5.74, 6) is -0.478. The molecule has 0 saturated heterocycles. The molecule has 0 aliphatic carbocycles. The van der Waals surface area contributed by atoms with Crippen LogP contribution < -0.4 is 14.4 Å². The van der Waals surface area contributed by atoms with Gasteiger partial charge in [0.1, 0.15) is 18.3 Å². The number of nitrogens with one attached hydrogen (secondary N) is 1. The molecular weight excluding hydrogens is 561 g/mol.